The van der Waals surface area contributed by atoms with Gasteiger partial charge in [-0.2, -0.15) is 18.2 Å². The number of phenols is 1. The molecule has 4 aliphatic rings. The molecule has 3 aromatic rings. The molecule has 9 nitrogen and oxygen atoms in total. The van der Waals surface area contributed by atoms with Gasteiger partial charge < -0.3 is 5.11 Å². The summed E-state index contributed by atoms with van der Waals surface area (Å²) in [5, 5.41) is 10.9. The summed E-state index contributed by atoms with van der Waals surface area (Å²) >= 11 is 12.5. The molecule has 50 heavy (non-hydrogen) atoms. The van der Waals surface area contributed by atoms with Crippen LogP contribution in [0.1, 0.15) is 56.2 Å². The predicted octanol–water partition coefficient (Wildman–Crippen LogP) is 6.90. The Kier molecular flexibility index (Phi) is 7.87. The van der Waals surface area contributed by atoms with Crippen LogP contribution in [-0.2, 0) is 30.8 Å². The van der Waals surface area contributed by atoms with Crippen molar-refractivity contribution in [3.8, 4) is 5.75 Å². The highest BCUT2D eigenvalue weighted by Gasteiger charge is 2.70. The predicted molar refractivity (Wildman–Crippen MR) is 177 cm³/mol. The number of nitrogens with one attached hydrogen (secondary N) is 1. The number of anilines is 1. The maximum absolute atomic E-state index is 15.1. The zero-order chi connectivity index (χ0) is 36.1. The van der Waals surface area contributed by atoms with Crippen molar-refractivity contribution in [2.75, 3.05) is 5.43 Å². The number of hydrogen-bond donors (Lipinski definition) is 2. The van der Waals surface area contributed by atoms with Gasteiger partial charge in [0.2, 0.25) is 11.8 Å². The van der Waals surface area contributed by atoms with Crippen molar-refractivity contribution in [3.05, 3.63) is 99.2 Å². The van der Waals surface area contributed by atoms with E-state index in [0.717, 1.165) is 5.01 Å². The number of rotatable bonds is 4. The number of nitrogens with zero attached hydrogens (tertiary/aromatic N) is 3. The second-order valence-corrected chi connectivity index (χ2v) is 15.0. The fourth-order valence-electron chi connectivity index (χ4n) is 8.49. The molecular formula is C36H31Cl2F3N4O5. The van der Waals surface area contributed by atoms with E-state index < -0.39 is 69.1 Å². The normalized spacial score (nSPS) is 28.0. The molecule has 2 saturated heterocycles. The number of imide groups is 2. The van der Waals surface area contributed by atoms with Crippen LogP contribution in [0.2, 0.25) is 10.0 Å². The summed E-state index contributed by atoms with van der Waals surface area (Å²) in [6.07, 6.45) is -2.04. The number of alkyl halides is 3. The molecular weight excluding hydrogens is 696 g/mol. The van der Waals surface area contributed by atoms with Gasteiger partial charge in [0.25, 0.3) is 11.8 Å². The second-order valence-electron chi connectivity index (χ2n) is 14.2. The van der Waals surface area contributed by atoms with Crippen molar-refractivity contribution in [1.82, 2.24) is 14.9 Å². The van der Waals surface area contributed by atoms with Crippen LogP contribution >= 0.6 is 23.2 Å². The number of amides is 4. The number of pyridine rings is 1. The first kappa shape index (κ1) is 34.0. The number of benzene rings is 2. The summed E-state index contributed by atoms with van der Waals surface area (Å²) < 4.78 is 40.2. The van der Waals surface area contributed by atoms with Crippen LogP contribution < -0.4 is 5.43 Å². The zero-order valence-corrected chi connectivity index (χ0v) is 28.5. The van der Waals surface area contributed by atoms with Gasteiger partial charge in [-0.05, 0) is 81.0 Å². The number of likely N-dealkylation sites (tertiary alicyclic amines) is 1. The second kappa shape index (κ2) is 11.6. The molecule has 7 rings (SSSR count). The molecule has 0 spiro atoms. The Hall–Kier alpha value is -4.42. The number of carbonyl (C=O) groups is 4. The Morgan fingerprint density at radius 2 is 1.58 bits per heavy atom. The van der Waals surface area contributed by atoms with Crippen LogP contribution in [0.4, 0.5) is 19.0 Å². The highest BCUT2D eigenvalue weighted by atomic mass is 35.5. The third-order valence-corrected chi connectivity index (χ3v) is 11.0. The van der Waals surface area contributed by atoms with Gasteiger partial charge in [0.1, 0.15) is 5.75 Å². The van der Waals surface area contributed by atoms with Crippen LogP contribution in [0.15, 0.2) is 72.4 Å². The number of halogens is 5. The molecule has 3 heterocycles. The van der Waals surface area contributed by atoms with E-state index in [1.54, 1.807) is 57.2 Å². The average molecular weight is 728 g/mol. The maximum atomic E-state index is 15.1. The summed E-state index contributed by atoms with van der Waals surface area (Å²) in [6, 6.07) is 13.4. The largest absolute Gasteiger partial charge is 0.508 e. The van der Waals surface area contributed by atoms with E-state index in [9.17, 15) is 32.7 Å². The van der Waals surface area contributed by atoms with E-state index in [-0.39, 0.29) is 36.2 Å². The number of carbonyl (C=O) groups excluding carboxylic acids is 4. The lowest BCUT2D eigenvalue weighted by Crippen LogP contribution is -2.53. The smallest absolute Gasteiger partial charge is 0.417 e. The van der Waals surface area contributed by atoms with Gasteiger partial charge in [0.05, 0.1) is 33.8 Å². The summed E-state index contributed by atoms with van der Waals surface area (Å²) in [4.78, 5) is 62.7. The van der Waals surface area contributed by atoms with Crippen molar-refractivity contribution in [2.45, 2.75) is 56.7 Å². The van der Waals surface area contributed by atoms with Crippen LogP contribution in [0, 0.1) is 23.7 Å². The molecule has 3 fully saturated rings. The average Bonchev–Trinajstić information content (AvgIpc) is 3.43. The van der Waals surface area contributed by atoms with Crippen LogP contribution in [0.3, 0.4) is 0 Å². The Bertz CT molecular complexity index is 1980. The summed E-state index contributed by atoms with van der Waals surface area (Å²) in [5.41, 5.74) is 0.747. The molecule has 2 aromatic carbocycles. The van der Waals surface area contributed by atoms with Crippen molar-refractivity contribution in [1.29, 1.82) is 0 Å². The van der Waals surface area contributed by atoms with Crippen LogP contribution in [0.5, 0.6) is 5.75 Å². The third kappa shape index (κ3) is 5.01. The molecule has 6 unspecified atom stereocenters. The van der Waals surface area contributed by atoms with Gasteiger partial charge in [0, 0.05) is 22.7 Å². The Balaban J connectivity index is 1.42. The molecule has 2 aliphatic heterocycles. The standard InChI is InChI=1S/C36H31Cl2F3N4O5/c1-34(2,3)44-30(47)23-13-12-22-24(27(23)32(44)49)15-25-31(48)45(43-29-26(38)14-19(16-42-29)36(39,40)41)33(50)35(25,18-6-8-20(37)9-7-18)28(22)17-4-10-21(46)11-5-17/h4-12,14,16,23-25,27-28,46H,13,15H2,1-3H3,(H,42,43). The number of allylic oxidation sites excluding steroid dienone is 2. The van der Waals surface area contributed by atoms with Gasteiger partial charge in [0.15, 0.2) is 5.82 Å². The first-order chi connectivity index (χ1) is 23.5. The Morgan fingerprint density at radius 1 is 0.920 bits per heavy atom. The lowest BCUT2D eigenvalue weighted by molar-refractivity contribution is -0.146. The molecule has 4 amide bonds. The zero-order valence-electron chi connectivity index (χ0n) is 27.0. The Morgan fingerprint density at radius 3 is 2.18 bits per heavy atom. The van der Waals surface area contributed by atoms with E-state index in [0.29, 0.717) is 34.0 Å². The molecule has 2 aliphatic carbocycles. The number of hydrogen-bond acceptors (Lipinski definition) is 7. The molecule has 1 saturated carbocycles. The Labute approximate surface area is 295 Å². The number of fused-ring (bicyclic) bond motifs is 4. The van der Waals surface area contributed by atoms with Gasteiger partial charge in [-0.1, -0.05) is 59.1 Å². The minimum Gasteiger partial charge on any atom is -0.508 e. The van der Waals surface area contributed by atoms with E-state index >= 15 is 4.79 Å². The van der Waals surface area contributed by atoms with Crippen molar-refractivity contribution >= 4 is 52.6 Å². The summed E-state index contributed by atoms with van der Waals surface area (Å²) in [6.45, 7) is 5.34. The first-order valence-corrected chi connectivity index (χ1v) is 16.7. The quantitative estimate of drug-likeness (QED) is 0.222. The van der Waals surface area contributed by atoms with Crippen LogP contribution in [0.25, 0.3) is 0 Å². The molecule has 2 N–H and O–H groups in total. The molecule has 260 valence electrons. The number of hydrazine groups is 1. The van der Waals surface area contributed by atoms with Crippen molar-refractivity contribution < 1.29 is 37.5 Å². The number of aromatic nitrogens is 1. The van der Waals surface area contributed by atoms with Gasteiger partial charge in [-0.25, -0.2) is 4.98 Å². The van der Waals surface area contributed by atoms with Crippen molar-refractivity contribution in [3.63, 3.8) is 0 Å². The SMILES string of the molecule is CC(C)(C)N1C(=O)C2CC=C3C(CC4C(=O)N(Nc5ncc(C(F)(F)F)cc5Cl)C(=O)C4(c4ccc(Cl)cc4)C3c3ccc(O)cc3)C2C1=O. The molecule has 6 atom stereocenters. The van der Waals surface area contributed by atoms with Crippen LogP contribution in [-0.4, -0.2) is 49.2 Å². The third-order valence-electron chi connectivity index (χ3n) is 10.5. The maximum Gasteiger partial charge on any atom is 0.417 e. The molecule has 14 heteroatoms. The fraction of sp³-hybridized carbons (Fsp3) is 0.361. The first-order valence-electron chi connectivity index (χ1n) is 16.0. The minimum atomic E-state index is -4.73. The lowest BCUT2D eigenvalue weighted by Gasteiger charge is -2.50. The molecule has 0 radical (unpaired) electrons. The monoisotopic (exact) mass is 726 g/mol. The molecule has 1 aromatic heterocycles. The van der Waals surface area contributed by atoms with E-state index in [1.807, 2.05) is 6.08 Å². The highest BCUT2D eigenvalue weighted by molar-refractivity contribution is 6.33. The van der Waals surface area contributed by atoms with E-state index in [2.05, 4.69) is 10.4 Å². The van der Waals surface area contributed by atoms with Gasteiger partial charge >= 0.3 is 6.18 Å². The minimum absolute atomic E-state index is 0.0120. The number of phenolic OH excluding ortho intramolecular Hbond substituents is 1. The lowest BCUT2D eigenvalue weighted by atomic mass is 9.49. The van der Waals surface area contributed by atoms with Gasteiger partial charge in [-0.3, -0.25) is 29.5 Å². The highest BCUT2D eigenvalue weighted by Crippen LogP contribution is 2.64. The number of aromatic hydroxyl groups is 1. The molecule has 0 bridgehead atoms. The van der Waals surface area contributed by atoms with E-state index in [4.69, 9.17) is 23.2 Å². The fourth-order valence-corrected chi connectivity index (χ4v) is 8.82. The van der Waals surface area contributed by atoms with E-state index in [1.165, 1.54) is 17.0 Å². The van der Waals surface area contributed by atoms with Crippen molar-refractivity contribution in [2.24, 2.45) is 23.7 Å². The summed E-state index contributed by atoms with van der Waals surface area (Å²) in [7, 11) is 0. The van der Waals surface area contributed by atoms with Gasteiger partial charge in [-0.15, -0.1) is 0 Å². The summed E-state index contributed by atoms with van der Waals surface area (Å²) in [5.74, 6) is -6.52. The topological polar surface area (TPSA) is 120 Å².